The highest BCUT2D eigenvalue weighted by Gasteiger charge is 2.09. The first-order chi connectivity index (χ1) is 11.6. The molecule has 0 N–H and O–H groups in total. The first-order valence-electron chi connectivity index (χ1n) is 7.11. The van der Waals surface area contributed by atoms with Crippen LogP contribution in [-0.2, 0) is 11.3 Å². The van der Waals surface area contributed by atoms with Gasteiger partial charge in [-0.25, -0.2) is 0 Å². The summed E-state index contributed by atoms with van der Waals surface area (Å²) in [5.74, 6) is 0. The molecule has 1 aromatic carbocycles. The molecule has 0 saturated carbocycles. The largest absolute Gasteiger partial charge is 0.385 e. The van der Waals surface area contributed by atoms with Crippen LogP contribution in [0.3, 0.4) is 0 Å². The van der Waals surface area contributed by atoms with Crippen molar-refractivity contribution in [1.82, 2.24) is 4.57 Å². The monoisotopic (exact) mass is 403 g/mol. The zero-order chi connectivity index (χ0) is 17.5. The van der Waals surface area contributed by atoms with Gasteiger partial charge in [-0.15, -0.1) is 11.3 Å². The third-order valence-electron chi connectivity index (χ3n) is 3.27. The van der Waals surface area contributed by atoms with Gasteiger partial charge in [0.2, 0.25) is 0 Å². The number of rotatable bonds is 5. The van der Waals surface area contributed by atoms with Crippen molar-refractivity contribution in [1.29, 1.82) is 10.5 Å². The van der Waals surface area contributed by atoms with Crippen LogP contribution in [0.15, 0.2) is 33.5 Å². The Kier molecular flexibility index (Phi) is 6.51. The van der Waals surface area contributed by atoms with E-state index in [1.165, 1.54) is 4.57 Å². The number of aromatic nitrogens is 1. The molecular formula is C17H14BrN3O2S. The molecule has 0 aliphatic rings. The highest BCUT2D eigenvalue weighted by molar-refractivity contribution is 9.10. The summed E-state index contributed by atoms with van der Waals surface area (Å²) in [5, 5.41) is 18.3. The maximum absolute atomic E-state index is 12.7. The summed E-state index contributed by atoms with van der Waals surface area (Å²) in [6.45, 7) is 0.897. The Hall–Kier alpha value is -2.19. The molecule has 2 rings (SSSR count). The fourth-order valence-corrected chi connectivity index (χ4v) is 3.60. The van der Waals surface area contributed by atoms with Crippen LogP contribution in [0.5, 0.6) is 0 Å². The zero-order valence-electron chi connectivity index (χ0n) is 13.0. The minimum atomic E-state index is -0.204. The number of thiazole rings is 1. The standard InChI is InChI=1S/C17H14BrN3O2S/c1-23-8-4-7-21-16(22)15(24-17(21)13(10-19)11-20)9-12-5-2-3-6-14(12)18/h2-3,5-6,9H,4,7-8H2,1H3. The predicted molar refractivity (Wildman–Crippen MR) is 96.7 cm³/mol. The molecule has 0 fully saturated rings. The third kappa shape index (κ3) is 4.01. The van der Waals surface area contributed by atoms with Gasteiger partial charge in [-0.05, 0) is 24.1 Å². The molecule has 5 nitrogen and oxygen atoms in total. The van der Waals surface area contributed by atoms with Crippen LogP contribution in [0.2, 0.25) is 0 Å². The van der Waals surface area contributed by atoms with Gasteiger partial charge in [0, 0.05) is 24.7 Å². The van der Waals surface area contributed by atoms with E-state index in [1.54, 1.807) is 13.2 Å². The number of halogens is 1. The lowest BCUT2D eigenvalue weighted by Gasteiger charge is -2.01. The molecule has 0 saturated heterocycles. The first-order valence-corrected chi connectivity index (χ1v) is 8.72. The Balaban J connectivity index is 2.69. The fourth-order valence-electron chi connectivity index (χ4n) is 2.13. The lowest BCUT2D eigenvalue weighted by molar-refractivity contribution is 0.190. The molecule has 0 aliphatic carbocycles. The summed E-state index contributed by atoms with van der Waals surface area (Å²) in [7, 11) is 1.59. The summed E-state index contributed by atoms with van der Waals surface area (Å²) in [4.78, 5) is 12.7. The van der Waals surface area contributed by atoms with Crippen LogP contribution in [-0.4, -0.2) is 18.3 Å². The average molecular weight is 404 g/mol. The summed E-state index contributed by atoms with van der Waals surface area (Å²) >= 11 is 4.61. The molecule has 7 heteroatoms. The van der Waals surface area contributed by atoms with E-state index in [4.69, 9.17) is 15.3 Å². The Bertz CT molecular complexity index is 977. The highest BCUT2D eigenvalue weighted by Crippen LogP contribution is 2.15. The highest BCUT2D eigenvalue weighted by atomic mass is 79.9. The van der Waals surface area contributed by atoms with Crippen LogP contribution in [0.4, 0.5) is 0 Å². The molecule has 0 bridgehead atoms. The van der Waals surface area contributed by atoms with Gasteiger partial charge in [0.15, 0.2) is 5.57 Å². The van der Waals surface area contributed by atoms with Crippen molar-refractivity contribution in [3.05, 3.63) is 53.9 Å². The quantitative estimate of drug-likeness (QED) is 0.712. The van der Waals surface area contributed by atoms with Crippen molar-refractivity contribution < 1.29 is 4.74 Å². The molecule has 2 aromatic rings. The number of nitrogens with zero attached hydrogens (tertiary/aromatic N) is 3. The van der Waals surface area contributed by atoms with Crippen molar-refractivity contribution in [3.8, 4) is 12.1 Å². The molecule has 122 valence electrons. The summed E-state index contributed by atoms with van der Waals surface area (Å²) < 4.78 is 8.23. The third-order valence-corrected chi connectivity index (χ3v) is 5.12. The molecular weight excluding hydrogens is 390 g/mol. The molecule has 0 atom stereocenters. The number of methoxy groups -OCH3 is 1. The Labute approximate surface area is 151 Å². The summed E-state index contributed by atoms with van der Waals surface area (Å²) in [5.41, 5.74) is 0.605. The predicted octanol–water partition coefficient (Wildman–Crippen LogP) is 1.74. The lowest BCUT2D eigenvalue weighted by Crippen LogP contribution is -2.32. The van der Waals surface area contributed by atoms with Gasteiger partial charge in [0.1, 0.15) is 16.8 Å². The van der Waals surface area contributed by atoms with Gasteiger partial charge in [-0.2, -0.15) is 10.5 Å². The average Bonchev–Trinajstić information content (AvgIpc) is 2.88. The van der Waals surface area contributed by atoms with Crippen molar-refractivity contribution in [3.63, 3.8) is 0 Å². The van der Waals surface area contributed by atoms with Crippen molar-refractivity contribution in [2.24, 2.45) is 0 Å². The Morgan fingerprint density at radius 1 is 1.38 bits per heavy atom. The van der Waals surface area contributed by atoms with Crippen LogP contribution >= 0.6 is 27.3 Å². The van der Waals surface area contributed by atoms with Gasteiger partial charge in [-0.3, -0.25) is 9.36 Å². The summed E-state index contributed by atoms with van der Waals surface area (Å²) in [6, 6.07) is 11.3. The van der Waals surface area contributed by atoms with Crippen LogP contribution < -0.4 is 14.8 Å². The van der Waals surface area contributed by atoms with E-state index in [9.17, 15) is 4.79 Å². The van der Waals surface area contributed by atoms with E-state index >= 15 is 0 Å². The topological polar surface area (TPSA) is 78.8 Å². The van der Waals surface area contributed by atoms with Gasteiger partial charge < -0.3 is 4.74 Å². The fraction of sp³-hybridized carbons (Fsp3) is 0.235. The maximum Gasteiger partial charge on any atom is 0.269 e. The van der Waals surface area contributed by atoms with Crippen LogP contribution in [0, 0.1) is 22.7 Å². The normalized spacial score (nSPS) is 11.1. The van der Waals surface area contributed by atoms with E-state index in [2.05, 4.69) is 15.9 Å². The molecule has 1 heterocycles. The van der Waals surface area contributed by atoms with Gasteiger partial charge in [0.05, 0.1) is 4.53 Å². The minimum absolute atomic E-state index is 0.0544. The number of hydrogen-bond donors (Lipinski definition) is 0. The van der Waals surface area contributed by atoms with Crippen LogP contribution in [0.1, 0.15) is 12.0 Å². The lowest BCUT2D eigenvalue weighted by atomic mass is 10.2. The van der Waals surface area contributed by atoms with Crippen molar-refractivity contribution in [2.45, 2.75) is 13.0 Å². The molecule has 0 aliphatic heterocycles. The number of ether oxygens (including phenoxy) is 1. The van der Waals surface area contributed by atoms with Crippen molar-refractivity contribution >= 4 is 38.9 Å². The molecule has 24 heavy (non-hydrogen) atoms. The van der Waals surface area contributed by atoms with E-state index in [0.717, 1.165) is 21.4 Å². The van der Waals surface area contributed by atoms with Gasteiger partial charge in [-0.1, -0.05) is 34.1 Å². The molecule has 0 unspecified atom stereocenters. The van der Waals surface area contributed by atoms with Crippen molar-refractivity contribution in [2.75, 3.05) is 13.7 Å². The van der Waals surface area contributed by atoms with E-state index in [1.807, 2.05) is 36.4 Å². The van der Waals surface area contributed by atoms with Gasteiger partial charge in [0.25, 0.3) is 5.56 Å². The molecule has 1 aromatic heterocycles. The smallest absolute Gasteiger partial charge is 0.269 e. The number of hydrogen-bond acceptors (Lipinski definition) is 5. The molecule has 0 radical (unpaired) electrons. The first kappa shape index (κ1) is 18.2. The summed E-state index contributed by atoms with van der Waals surface area (Å²) in [6.07, 6.45) is 2.39. The van der Waals surface area contributed by atoms with Crippen LogP contribution in [0.25, 0.3) is 11.6 Å². The Morgan fingerprint density at radius 3 is 2.71 bits per heavy atom. The van der Waals surface area contributed by atoms with Gasteiger partial charge >= 0.3 is 0 Å². The number of nitriles is 2. The second-order valence-corrected chi connectivity index (χ2v) is 6.72. The zero-order valence-corrected chi connectivity index (χ0v) is 15.4. The second-order valence-electron chi connectivity index (χ2n) is 4.84. The van der Waals surface area contributed by atoms with E-state index < -0.39 is 0 Å². The van der Waals surface area contributed by atoms with E-state index in [0.29, 0.717) is 28.8 Å². The Morgan fingerprint density at radius 2 is 2.08 bits per heavy atom. The molecule has 0 spiro atoms. The SMILES string of the molecule is COCCCn1c(=C(C#N)C#N)sc(=Cc2ccccc2Br)c1=O. The number of benzene rings is 1. The second kappa shape index (κ2) is 8.60. The van der Waals surface area contributed by atoms with E-state index in [-0.39, 0.29) is 11.1 Å². The maximum atomic E-state index is 12.7. The minimum Gasteiger partial charge on any atom is -0.385 e. The molecule has 0 amide bonds.